The van der Waals surface area contributed by atoms with Gasteiger partial charge in [-0.15, -0.1) is 24.0 Å². The van der Waals surface area contributed by atoms with E-state index in [2.05, 4.69) is 20.5 Å². The van der Waals surface area contributed by atoms with Crippen molar-refractivity contribution in [2.45, 2.75) is 19.0 Å². The highest BCUT2D eigenvalue weighted by molar-refractivity contribution is 14.0. The fraction of sp³-hybridized carbons (Fsp3) is 0.500. The predicted molar refractivity (Wildman–Crippen MR) is 101 cm³/mol. The van der Waals surface area contributed by atoms with E-state index in [1.807, 2.05) is 0 Å². The summed E-state index contributed by atoms with van der Waals surface area (Å²) in [6, 6.07) is 4.16. The molecule has 140 valence electrons. The van der Waals surface area contributed by atoms with Crippen LogP contribution in [0.3, 0.4) is 0 Å². The highest BCUT2D eigenvalue weighted by Gasteiger charge is 2.30. The van der Waals surface area contributed by atoms with Gasteiger partial charge in [0.1, 0.15) is 0 Å². The Morgan fingerprint density at radius 2 is 1.68 bits per heavy atom. The normalized spacial score (nSPS) is 14.9. The lowest BCUT2D eigenvalue weighted by atomic mass is 10.1. The average Bonchev–Trinajstić information content (AvgIpc) is 3.08. The van der Waals surface area contributed by atoms with Crippen LogP contribution in [0.1, 0.15) is 28.8 Å². The molecule has 2 rings (SSSR count). The molecule has 1 heterocycles. The molecule has 1 aromatic rings. The number of hydrogen-bond acceptors (Lipinski definition) is 2. The Labute approximate surface area is 162 Å². The third-order valence-corrected chi connectivity index (χ3v) is 3.79. The number of aliphatic imine (C=N–C) groups is 1. The van der Waals surface area contributed by atoms with Crippen LogP contribution in [-0.2, 0) is 6.18 Å². The molecule has 1 fully saturated rings. The molecule has 9 heteroatoms. The molecule has 0 saturated carbocycles. The Hall–Kier alpha value is -1.52. The van der Waals surface area contributed by atoms with Crippen LogP contribution >= 0.6 is 24.0 Å². The number of nitrogens with one attached hydrogen (secondary N) is 2. The van der Waals surface area contributed by atoms with Gasteiger partial charge in [-0.1, -0.05) is 0 Å². The lowest BCUT2D eigenvalue weighted by Gasteiger charge is -2.20. The summed E-state index contributed by atoms with van der Waals surface area (Å²) in [7, 11) is 1.71. The van der Waals surface area contributed by atoms with Gasteiger partial charge in [0.25, 0.3) is 5.91 Å². The first kappa shape index (κ1) is 21.5. The number of halogens is 4. The molecular formula is C16H22F3IN4O. The van der Waals surface area contributed by atoms with E-state index in [-0.39, 0.29) is 29.5 Å². The molecular weight excluding hydrogens is 448 g/mol. The van der Waals surface area contributed by atoms with Crippen molar-refractivity contribution in [3.8, 4) is 0 Å². The van der Waals surface area contributed by atoms with E-state index in [4.69, 9.17) is 0 Å². The number of guanidine groups is 1. The number of hydrogen-bond donors (Lipinski definition) is 2. The number of alkyl halides is 3. The Balaban J connectivity index is 0.00000312. The molecule has 0 atom stereocenters. The number of carbonyl (C=O) groups excluding carboxylic acids is 1. The van der Waals surface area contributed by atoms with E-state index >= 15 is 0 Å². The van der Waals surface area contributed by atoms with Crippen molar-refractivity contribution < 1.29 is 18.0 Å². The number of carbonyl (C=O) groups is 1. The van der Waals surface area contributed by atoms with Crippen LogP contribution in [0.15, 0.2) is 29.3 Å². The molecule has 5 nitrogen and oxygen atoms in total. The maximum Gasteiger partial charge on any atom is 0.416 e. The van der Waals surface area contributed by atoms with Crippen LogP contribution in [0.25, 0.3) is 0 Å². The number of amides is 1. The monoisotopic (exact) mass is 470 g/mol. The van der Waals surface area contributed by atoms with E-state index < -0.39 is 17.6 Å². The summed E-state index contributed by atoms with van der Waals surface area (Å²) in [6.45, 7) is 2.79. The molecule has 1 saturated heterocycles. The topological polar surface area (TPSA) is 56.7 Å². The first-order chi connectivity index (χ1) is 11.4. The summed E-state index contributed by atoms with van der Waals surface area (Å²) >= 11 is 0. The molecule has 1 amide bonds. The molecule has 0 radical (unpaired) electrons. The molecule has 0 aromatic heterocycles. The summed E-state index contributed by atoms with van der Waals surface area (Å²) in [4.78, 5) is 18.3. The minimum absolute atomic E-state index is 0. The average molecular weight is 470 g/mol. The van der Waals surface area contributed by atoms with Crippen molar-refractivity contribution in [1.29, 1.82) is 0 Å². The SMILES string of the molecule is CN=C(NCCNC(=O)c1ccc(C(F)(F)F)cc1)N1CCCC1.I. The van der Waals surface area contributed by atoms with Gasteiger partial charge in [0.05, 0.1) is 5.56 Å². The van der Waals surface area contributed by atoms with Crippen molar-refractivity contribution in [2.24, 2.45) is 4.99 Å². The van der Waals surface area contributed by atoms with Crippen molar-refractivity contribution >= 4 is 35.8 Å². The van der Waals surface area contributed by atoms with Gasteiger partial charge < -0.3 is 15.5 Å². The Bertz CT molecular complexity index is 584. The molecule has 25 heavy (non-hydrogen) atoms. The number of rotatable bonds is 4. The molecule has 1 aliphatic rings. The third kappa shape index (κ3) is 6.37. The van der Waals surface area contributed by atoms with Crippen molar-refractivity contribution in [1.82, 2.24) is 15.5 Å². The molecule has 0 aliphatic carbocycles. The lowest BCUT2D eigenvalue weighted by molar-refractivity contribution is -0.137. The molecule has 0 unspecified atom stereocenters. The van der Waals surface area contributed by atoms with Crippen molar-refractivity contribution in [3.05, 3.63) is 35.4 Å². The first-order valence-corrected chi connectivity index (χ1v) is 7.83. The fourth-order valence-electron chi connectivity index (χ4n) is 2.52. The van der Waals surface area contributed by atoms with Crippen LogP contribution < -0.4 is 10.6 Å². The number of likely N-dealkylation sites (tertiary alicyclic amines) is 1. The predicted octanol–water partition coefficient (Wildman–Crippen LogP) is 2.72. The van der Waals surface area contributed by atoms with Crippen LogP contribution in [0.4, 0.5) is 13.2 Å². The maximum atomic E-state index is 12.5. The van der Waals surface area contributed by atoms with Gasteiger partial charge in [0, 0.05) is 38.8 Å². The summed E-state index contributed by atoms with van der Waals surface area (Å²) in [6.07, 6.45) is -2.11. The zero-order chi connectivity index (χ0) is 17.6. The second-order valence-electron chi connectivity index (χ2n) is 5.50. The second-order valence-corrected chi connectivity index (χ2v) is 5.50. The van der Waals surface area contributed by atoms with Crippen LogP contribution in [0.2, 0.25) is 0 Å². The van der Waals surface area contributed by atoms with Crippen molar-refractivity contribution in [2.75, 3.05) is 33.2 Å². The van der Waals surface area contributed by atoms with Gasteiger partial charge >= 0.3 is 6.18 Å². The van der Waals surface area contributed by atoms with Gasteiger partial charge in [-0.2, -0.15) is 13.2 Å². The van der Waals surface area contributed by atoms with Crippen LogP contribution in [-0.4, -0.2) is 50.0 Å². The Morgan fingerprint density at radius 3 is 2.20 bits per heavy atom. The highest BCUT2D eigenvalue weighted by atomic mass is 127. The third-order valence-electron chi connectivity index (χ3n) is 3.79. The Kier molecular flexibility index (Phi) is 8.46. The quantitative estimate of drug-likeness (QED) is 0.308. The summed E-state index contributed by atoms with van der Waals surface area (Å²) in [5, 5.41) is 5.83. The van der Waals surface area contributed by atoms with E-state index in [1.165, 1.54) is 12.1 Å². The fourth-order valence-corrected chi connectivity index (χ4v) is 2.52. The van der Waals surface area contributed by atoms with E-state index in [1.54, 1.807) is 7.05 Å². The van der Waals surface area contributed by atoms with E-state index in [9.17, 15) is 18.0 Å². The van der Waals surface area contributed by atoms with Crippen LogP contribution in [0, 0.1) is 0 Å². The zero-order valence-electron chi connectivity index (χ0n) is 13.9. The van der Waals surface area contributed by atoms with Gasteiger partial charge in [0.15, 0.2) is 5.96 Å². The minimum Gasteiger partial charge on any atom is -0.354 e. The summed E-state index contributed by atoms with van der Waals surface area (Å²) in [5.41, 5.74) is -0.568. The number of benzene rings is 1. The molecule has 1 aromatic carbocycles. The Morgan fingerprint density at radius 1 is 1.12 bits per heavy atom. The second kappa shape index (κ2) is 9.83. The molecule has 1 aliphatic heterocycles. The van der Waals surface area contributed by atoms with Gasteiger partial charge in [-0.3, -0.25) is 9.79 Å². The van der Waals surface area contributed by atoms with E-state index in [0.717, 1.165) is 44.0 Å². The van der Waals surface area contributed by atoms with Crippen molar-refractivity contribution in [3.63, 3.8) is 0 Å². The first-order valence-electron chi connectivity index (χ1n) is 7.83. The van der Waals surface area contributed by atoms with Gasteiger partial charge in [0.2, 0.25) is 0 Å². The maximum absolute atomic E-state index is 12.5. The molecule has 2 N–H and O–H groups in total. The van der Waals surface area contributed by atoms with Crippen LogP contribution in [0.5, 0.6) is 0 Å². The summed E-state index contributed by atoms with van der Waals surface area (Å²) in [5.74, 6) is 0.401. The number of nitrogens with zero attached hydrogens (tertiary/aromatic N) is 2. The molecule has 0 spiro atoms. The largest absolute Gasteiger partial charge is 0.416 e. The van der Waals surface area contributed by atoms with E-state index in [0.29, 0.717) is 13.1 Å². The van der Waals surface area contributed by atoms with Gasteiger partial charge in [-0.05, 0) is 37.1 Å². The van der Waals surface area contributed by atoms with Gasteiger partial charge in [-0.25, -0.2) is 0 Å². The highest BCUT2D eigenvalue weighted by Crippen LogP contribution is 2.29. The standard InChI is InChI=1S/C16H21F3N4O.HI/c1-20-15(23-10-2-3-11-23)22-9-8-21-14(24)12-4-6-13(7-5-12)16(17,18)19;/h4-7H,2-3,8-11H2,1H3,(H,20,22)(H,21,24);1H. The minimum atomic E-state index is -4.40. The zero-order valence-corrected chi connectivity index (χ0v) is 16.2. The molecule has 0 bridgehead atoms. The lowest BCUT2D eigenvalue weighted by Crippen LogP contribution is -2.42. The smallest absolute Gasteiger partial charge is 0.354 e. The summed E-state index contributed by atoms with van der Waals surface area (Å²) < 4.78 is 37.4.